The summed E-state index contributed by atoms with van der Waals surface area (Å²) in [6.45, 7) is 1.64. The second kappa shape index (κ2) is 7.24. The fourth-order valence-corrected chi connectivity index (χ4v) is 2.34. The van der Waals surface area contributed by atoms with Gasteiger partial charge in [0.2, 0.25) is 5.60 Å². The van der Waals surface area contributed by atoms with E-state index in [9.17, 15) is 4.79 Å². The minimum absolute atomic E-state index is 0.424. The Labute approximate surface area is 140 Å². The predicted molar refractivity (Wildman–Crippen MR) is 88.0 cm³/mol. The van der Waals surface area contributed by atoms with Crippen molar-refractivity contribution in [2.45, 2.75) is 12.5 Å². The Balaban J connectivity index is 2.45. The molecule has 1 unspecified atom stereocenters. The standard InChI is InChI=1S/C17H18ClNO4/c1-17(16(20)19-18,12-7-5-4-6-8-12)23-15-10-13(21-2)9-14(11-15)22-3/h4-11H,1-3H3,(H,19,20). The van der Waals surface area contributed by atoms with Crippen LogP contribution in [0.4, 0.5) is 0 Å². The molecule has 6 heteroatoms. The van der Waals surface area contributed by atoms with Crippen molar-refractivity contribution in [3.05, 3.63) is 54.1 Å². The number of nitrogens with one attached hydrogen (secondary N) is 1. The number of hydrogen-bond donors (Lipinski definition) is 1. The zero-order valence-electron chi connectivity index (χ0n) is 13.1. The van der Waals surface area contributed by atoms with Gasteiger partial charge in [0.25, 0.3) is 5.91 Å². The maximum Gasteiger partial charge on any atom is 0.282 e. The number of benzene rings is 2. The molecule has 1 atom stereocenters. The molecular formula is C17H18ClNO4. The quantitative estimate of drug-likeness (QED) is 0.823. The highest BCUT2D eigenvalue weighted by Gasteiger charge is 2.37. The summed E-state index contributed by atoms with van der Waals surface area (Å²) in [5.41, 5.74) is -0.639. The van der Waals surface area contributed by atoms with E-state index in [1.54, 1.807) is 51.5 Å². The largest absolute Gasteiger partial charge is 0.496 e. The molecule has 0 saturated carbocycles. The Morgan fingerprint density at radius 3 is 2.00 bits per heavy atom. The summed E-state index contributed by atoms with van der Waals surface area (Å²) >= 11 is 5.54. The van der Waals surface area contributed by atoms with Gasteiger partial charge in [-0.25, -0.2) is 0 Å². The number of carbonyl (C=O) groups is 1. The molecular weight excluding hydrogens is 318 g/mol. The van der Waals surface area contributed by atoms with E-state index in [2.05, 4.69) is 4.84 Å². The van der Waals surface area contributed by atoms with Crippen LogP contribution in [0.1, 0.15) is 12.5 Å². The third-order valence-electron chi connectivity index (χ3n) is 3.49. The van der Waals surface area contributed by atoms with Crippen molar-refractivity contribution in [1.82, 2.24) is 4.84 Å². The van der Waals surface area contributed by atoms with Gasteiger partial charge in [0, 0.05) is 35.5 Å². The Hall–Kier alpha value is -2.40. The van der Waals surface area contributed by atoms with Crippen LogP contribution in [0.3, 0.4) is 0 Å². The van der Waals surface area contributed by atoms with Crippen molar-refractivity contribution < 1.29 is 19.0 Å². The van der Waals surface area contributed by atoms with Crippen LogP contribution in [-0.2, 0) is 10.4 Å². The van der Waals surface area contributed by atoms with E-state index in [1.165, 1.54) is 0 Å². The van der Waals surface area contributed by atoms with Gasteiger partial charge in [-0.05, 0) is 6.92 Å². The lowest BCUT2D eigenvalue weighted by atomic mass is 9.95. The molecule has 122 valence electrons. The molecule has 0 fully saturated rings. The van der Waals surface area contributed by atoms with Gasteiger partial charge < -0.3 is 14.2 Å². The van der Waals surface area contributed by atoms with E-state index in [0.717, 1.165) is 0 Å². The second-order valence-corrected chi connectivity index (χ2v) is 5.16. The van der Waals surface area contributed by atoms with E-state index in [1.807, 2.05) is 18.2 Å². The number of methoxy groups -OCH3 is 2. The summed E-state index contributed by atoms with van der Waals surface area (Å²) in [6.07, 6.45) is 0. The molecule has 0 heterocycles. The van der Waals surface area contributed by atoms with Crippen LogP contribution in [0.2, 0.25) is 0 Å². The molecule has 1 amide bonds. The summed E-state index contributed by atoms with van der Waals surface area (Å²) in [7, 11) is 3.08. The summed E-state index contributed by atoms with van der Waals surface area (Å²) in [6, 6.07) is 14.2. The minimum Gasteiger partial charge on any atom is -0.496 e. The first-order valence-electron chi connectivity index (χ1n) is 6.92. The van der Waals surface area contributed by atoms with Crippen LogP contribution in [0, 0.1) is 0 Å². The van der Waals surface area contributed by atoms with Crippen LogP contribution in [-0.4, -0.2) is 20.1 Å². The lowest BCUT2D eigenvalue weighted by molar-refractivity contribution is -0.134. The first-order chi connectivity index (χ1) is 11.0. The van der Waals surface area contributed by atoms with E-state index in [4.69, 9.17) is 26.0 Å². The first kappa shape index (κ1) is 17.0. The second-order valence-electron chi connectivity index (χ2n) is 4.97. The average Bonchev–Trinajstić information content (AvgIpc) is 2.61. The number of hydrogen-bond acceptors (Lipinski definition) is 4. The van der Waals surface area contributed by atoms with Gasteiger partial charge in [-0.1, -0.05) is 30.3 Å². The molecule has 0 aliphatic carbocycles. The smallest absolute Gasteiger partial charge is 0.282 e. The van der Waals surface area contributed by atoms with Gasteiger partial charge in [-0.2, -0.15) is 0 Å². The van der Waals surface area contributed by atoms with Crippen LogP contribution >= 0.6 is 11.8 Å². The van der Waals surface area contributed by atoms with Crippen molar-refractivity contribution in [1.29, 1.82) is 0 Å². The van der Waals surface area contributed by atoms with Crippen molar-refractivity contribution in [2.24, 2.45) is 0 Å². The number of amides is 1. The zero-order valence-corrected chi connectivity index (χ0v) is 13.9. The van der Waals surface area contributed by atoms with Gasteiger partial charge in [0.1, 0.15) is 17.2 Å². The maximum atomic E-state index is 12.3. The molecule has 0 bridgehead atoms. The van der Waals surface area contributed by atoms with Crippen molar-refractivity contribution in [3.63, 3.8) is 0 Å². The van der Waals surface area contributed by atoms with E-state index in [0.29, 0.717) is 22.8 Å². The fourth-order valence-electron chi connectivity index (χ4n) is 2.16. The number of halogens is 1. The predicted octanol–water partition coefficient (Wildman–Crippen LogP) is 3.27. The molecule has 1 N–H and O–H groups in total. The summed E-state index contributed by atoms with van der Waals surface area (Å²) in [5, 5.41) is 0. The molecule has 2 aromatic carbocycles. The van der Waals surface area contributed by atoms with Crippen molar-refractivity contribution in [2.75, 3.05) is 14.2 Å². The van der Waals surface area contributed by atoms with Gasteiger partial charge in [-0.15, -0.1) is 0 Å². The van der Waals surface area contributed by atoms with E-state index >= 15 is 0 Å². The lowest BCUT2D eigenvalue weighted by Gasteiger charge is -2.29. The molecule has 23 heavy (non-hydrogen) atoms. The summed E-state index contributed by atoms with van der Waals surface area (Å²) < 4.78 is 16.4. The normalized spacial score (nSPS) is 12.9. The SMILES string of the molecule is COc1cc(OC)cc(OC(C)(C(=O)NCl)c2ccccc2)c1. The molecule has 0 saturated heterocycles. The van der Waals surface area contributed by atoms with E-state index < -0.39 is 11.5 Å². The molecule has 2 aromatic rings. The monoisotopic (exact) mass is 335 g/mol. The number of ether oxygens (including phenoxy) is 3. The number of rotatable bonds is 6. The third kappa shape index (κ3) is 3.68. The topological polar surface area (TPSA) is 56.8 Å². The maximum absolute atomic E-state index is 12.3. The highest BCUT2D eigenvalue weighted by Crippen LogP contribution is 2.33. The van der Waals surface area contributed by atoms with Crippen LogP contribution in [0.5, 0.6) is 17.2 Å². The van der Waals surface area contributed by atoms with Crippen molar-refractivity contribution >= 4 is 17.7 Å². The Kier molecular flexibility index (Phi) is 5.34. The van der Waals surface area contributed by atoms with Gasteiger partial charge >= 0.3 is 0 Å². The van der Waals surface area contributed by atoms with Gasteiger partial charge in [0.05, 0.1) is 14.2 Å². The summed E-state index contributed by atoms with van der Waals surface area (Å²) in [5.74, 6) is 1.06. The highest BCUT2D eigenvalue weighted by atomic mass is 35.5. The van der Waals surface area contributed by atoms with Crippen LogP contribution < -0.4 is 19.0 Å². The molecule has 5 nitrogen and oxygen atoms in total. The fraction of sp³-hybridized carbons (Fsp3) is 0.235. The van der Waals surface area contributed by atoms with Gasteiger partial charge in [0.15, 0.2) is 0 Å². The highest BCUT2D eigenvalue weighted by molar-refractivity contribution is 6.22. The molecule has 0 aliphatic heterocycles. The molecule has 0 spiro atoms. The Bertz CT molecular complexity index is 655. The van der Waals surface area contributed by atoms with Crippen LogP contribution in [0.25, 0.3) is 0 Å². The van der Waals surface area contributed by atoms with Gasteiger partial charge in [-0.3, -0.25) is 9.63 Å². The number of carbonyl (C=O) groups excluding carboxylic acids is 1. The average molecular weight is 336 g/mol. The Morgan fingerprint density at radius 1 is 1.00 bits per heavy atom. The molecule has 0 aromatic heterocycles. The molecule has 0 aliphatic rings. The molecule has 0 radical (unpaired) electrons. The first-order valence-corrected chi connectivity index (χ1v) is 7.30. The molecule has 2 rings (SSSR count). The van der Waals surface area contributed by atoms with Crippen LogP contribution in [0.15, 0.2) is 48.5 Å². The lowest BCUT2D eigenvalue weighted by Crippen LogP contribution is -2.43. The third-order valence-corrected chi connectivity index (χ3v) is 3.66. The summed E-state index contributed by atoms with van der Waals surface area (Å²) in [4.78, 5) is 14.4. The minimum atomic E-state index is -1.31. The van der Waals surface area contributed by atoms with Crippen molar-refractivity contribution in [3.8, 4) is 17.2 Å². The Morgan fingerprint density at radius 2 is 1.52 bits per heavy atom. The van der Waals surface area contributed by atoms with E-state index in [-0.39, 0.29) is 0 Å². The zero-order chi connectivity index (χ0) is 16.9.